The summed E-state index contributed by atoms with van der Waals surface area (Å²) in [5.41, 5.74) is 1.79. The number of nitrogens with zero attached hydrogens (tertiary/aromatic N) is 3. The molecule has 38 heavy (non-hydrogen) atoms. The van der Waals surface area contributed by atoms with Crippen LogP contribution < -0.4 is 9.47 Å². The Kier molecular flexibility index (Phi) is 8.79. The van der Waals surface area contributed by atoms with Crippen LogP contribution in [-0.2, 0) is 6.54 Å². The Balaban J connectivity index is 1.42. The number of Topliss-reactive ketones (excluding diaryl/α,β-unsaturated/α-hetero) is 1. The van der Waals surface area contributed by atoms with Crippen molar-refractivity contribution in [2.45, 2.75) is 26.0 Å². The number of hydrogen-bond acceptors (Lipinski definition) is 7. The third-order valence-electron chi connectivity index (χ3n) is 5.87. The van der Waals surface area contributed by atoms with E-state index in [1.165, 1.54) is 12.4 Å². The Hall–Kier alpha value is -4.56. The van der Waals surface area contributed by atoms with E-state index in [9.17, 15) is 14.7 Å². The smallest absolute Gasteiger partial charge is 0.291 e. The van der Waals surface area contributed by atoms with Crippen molar-refractivity contribution in [1.29, 1.82) is 0 Å². The first kappa shape index (κ1) is 26.5. The fourth-order valence-electron chi connectivity index (χ4n) is 3.91. The van der Waals surface area contributed by atoms with Gasteiger partial charge in [0.1, 0.15) is 6.10 Å². The lowest BCUT2D eigenvalue weighted by Gasteiger charge is -2.22. The van der Waals surface area contributed by atoms with E-state index in [1.54, 1.807) is 72.7 Å². The molecule has 1 atom stereocenters. The second-order valence-electron chi connectivity index (χ2n) is 8.60. The summed E-state index contributed by atoms with van der Waals surface area (Å²) in [7, 11) is 1.56. The topological polar surface area (TPSA) is 102 Å². The second kappa shape index (κ2) is 12.6. The number of carbonyl (C=O) groups is 2. The number of aromatic nitrogens is 2. The van der Waals surface area contributed by atoms with Crippen LogP contribution in [0.3, 0.4) is 0 Å². The molecule has 3 aromatic carbocycles. The minimum Gasteiger partial charge on any atom is -0.493 e. The number of methoxy groups -OCH3 is 1. The van der Waals surface area contributed by atoms with Gasteiger partial charge in [0.25, 0.3) is 5.91 Å². The van der Waals surface area contributed by atoms with Crippen molar-refractivity contribution < 1.29 is 24.2 Å². The zero-order chi connectivity index (χ0) is 26.9. The van der Waals surface area contributed by atoms with Crippen molar-refractivity contribution in [2.75, 3.05) is 13.7 Å². The van der Waals surface area contributed by atoms with E-state index in [4.69, 9.17) is 9.47 Å². The van der Waals surface area contributed by atoms with Gasteiger partial charge in [0.15, 0.2) is 23.0 Å². The maximum absolute atomic E-state index is 13.2. The summed E-state index contributed by atoms with van der Waals surface area (Å²) in [5, 5.41) is 10.5. The average molecular weight is 512 g/mol. The van der Waals surface area contributed by atoms with Crippen molar-refractivity contribution in [3.63, 3.8) is 0 Å². The molecule has 4 aromatic rings. The highest BCUT2D eigenvalue weighted by atomic mass is 16.5. The first-order valence-electron chi connectivity index (χ1n) is 12.3. The maximum Gasteiger partial charge on any atom is 0.291 e. The van der Waals surface area contributed by atoms with Gasteiger partial charge >= 0.3 is 0 Å². The summed E-state index contributed by atoms with van der Waals surface area (Å²) < 4.78 is 11.1. The molecule has 1 heterocycles. The van der Waals surface area contributed by atoms with Crippen LogP contribution in [0.1, 0.15) is 51.6 Å². The predicted molar refractivity (Wildman–Crippen MR) is 142 cm³/mol. The molecule has 1 unspecified atom stereocenters. The lowest BCUT2D eigenvalue weighted by molar-refractivity contribution is 0.0730. The molecule has 1 amide bonds. The third-order valence-corrected chi connectivity index (χ3v) is 5.87. The Morgan fingerprint density at radius 1 is 0.895 bits per heavy atom. The Morgan fingerprint density at radius 2 is 1.53 bits per heavy atom. The molecule has 0 aliphatic rings. The van der Waals surface area contributed by atoms with Crippen LogP contribution in [0.25, 0.3) is 0 Å². The summed E-state index contributed by atoms with van der Waals surface area (Å²) in [6, 6.07) is 22.9. The zero-order valence-corrected chi connectivity index (χ0v) is 21.3. The molecule has 1 N–H and O–H groups in total. The minimum atomic E-state index is -1.26. The van der Waals surface area contributed by atoms with Gasteiger partial charge < -0.3 is 19.5 Å². The quantitative estimate of drug-likeness (QED) is 0.275. The number of para-hydroxylation sites is 2. The van der Waals surface area contributed by atoms with Gasteiger partial charge in [-0.3, -0.25) is 9.59 Å². The maximum atomic E-state index is 13.2. The van der Waals surface area contributed by atoms with Crippen LogP contribution in [0.2, 0.25) is 0 Å². The van der Waals surface area contributed by atoms with Crippen molar-refractivity contribution in [3.05, 3.63) is 114 Å². The molecule has 194 valence electrons. The van der Waals surface area contributed by atoms with E-state index in [0.29, 0.717) is 41.5 Å². The second-order valence-corrected chi connectivity index (χ2v) is 8.60. The van der Waals surface area contributed by atoms with E-state index >= 15 is 0 Å². The molecular formula is C30H29N3O5. The number of amides is 1. The molecule has 1 aromatic heterocycles. The van der Waals surface area contributed by atoms with Crippen LogP contribution in [0.15, 0.2) is 91.3 Å². The third kappa shape index (κ3) is 6.41. The highest BCUT2D eigenvalue weighted by Crippen LogP contribution is 2.30. The number of rotatable bonds is 11. The highest BCUT2D eigenvalue weighted by molar-refractivity contribution is 5.99. The van der Waals surface area contributed by atoms with E-state index in [0.717, 1.165) is 12.0 Å². The normalized spacial score (nSPS) is 11.4. The Bertz CT molecular complexity index is 1360. The molecular weight excluding hydrogens is 482 g/mol. The van der Waals surface area contributed by atoms with Crippen molar-refractivity contribution >= 4 is 11.7 Å². The summed E-state index contributed by atoms with van der Waals surface area (Å²) in [5.74, 6) is 0.864. The Morgan fingerprint density at radius 3 is 2.16 bits per heavy atom. The van der Waals surface area contributed by atoms with Gasteiger partial charge in [-0.05, 0) is 29.7 Å². The summed E-state index contributed by atoms with van der Waals surface area (Å²) >= 11 is 0. The van der Waals surface area contributed by atoms with E-state index in [-0.39, 0.29) is 17.5 Å². The van der Waals surface area contributed by atoms with E-state index in [1.807, 2.05) is 25.1 Å². The van der Waals surface area contributed by atoms with Gasteiger partial charge in [0, 0.05) is 18.7 Å². The molecule has 8 heteroatoms. The number of benzene rings is 3. The molecule has 8 nitrogen and oxygen atoms in total. The minimum absolute atomic E-state index is 0.0614. The lowest BCUT2D eigenvalue weighted by atomic mass is 9.99. The first-order valence-corrected chi connectivity index (χ1v) is 12.3. The van der Waals surface area contributed by atoms with Crippen LogP contribution in [0, 0.1) is 0 Å². The van der Waals surface area contributed by atoms with Crippen LogP contribution in [0.4, 0.5) is 0 Å². The number of ether oxygens (including phenoxy) is 2. The molecule has 4 rings (SSSR count). The van der Waals surface area contributed by atoms with Crippen LogP contribution in [-0.4, -0.2) is 45.3 Å². The zero-order valence-electron chi connectivity index (χ0n) is 21.3. The Labute approximate surface area is 221 Å². The number of ketones is 1. The lowest BCUT2D eigenvalue weighted by Crippen LogP contribution is -2.32. The van der Waals surface area contributed by atoms with E-state index < -0.39 is 6.10 Å². The molecule has 0 saturated heterocycles. The van der Waals surface area contributed by atoms with Crippen molar-refractivity contribution in [2.24, 2.45) is 0 Å². The van der Waals surface area contributed by atoms with Gasteiger partial charge in [-0.25, -0.2) is 9.97 Å². The molecule has 0 aliphatic carbocycles. The van der Waals surface area contributed by atoms with Gasteiger partial charge in [-0.1, -0.05) is 73.7 Å². The molecule has 0 spiro atoms. The number of hydrogen-bond donors (Lipinski definition) is 1. The molecule has 0 radical (unpaired) electrons. The monoisotopic (exact) mass is 511 g/mol. The largest absolute Gasteiger partial charge is 0.493 e. The van der Waals surface area contributed by atoms with Gasteiger partial charge in [-0.2, -0.15) is 0 Å². The summed E-state index contributed by atoms with van der Waals surface area (Å²) in [4.78, 5) is 35.9. The first-order chi connectivity index (χ1) is 18.5. The van der Waals surface area contributed by atoms with Crippen LogP contribution in [0.5, 0.6) is 17.2 Å². The van der Waals surface area contributed by atoms with Crippen LogP contribution >= 0.6 is 0 Å². The molecule has 0 fully saturated rings. The fraction of sp³-hybridized carbons (Fsp3) is 0.200. The summed E-state index contributed by atoms with van der Waals surface area (Å²) in [6.45, 7) is 2.83. The predicted octanol–water partition coefficient (Wildman–Crippen LogP) is 5.25. The summed E-state index contributed by atoms with van der Waals surface area (Å²) in [6.07, 6.45) is 2.40. The van der Waals surface area contributed by atoms with Crippen molar-refractivity contribution in [3.8, 4) is 17.2 Å². The molecule has 0 aliphatic heterocycles. The average Bonchev–Trinajstić information content (AvgIpc) is 2.97. The van der Waals surface area contributed by atoms with Gasteiger partial charge in [0.2, 0.25) is 5.82 Å². The SMILES string of the molecule is CCCN(Cc1ccc(C(O)C(=O)c2ccccc2)cc1)C(=O)c1ncc(Oc2ccccc2OC)cn1. The fourth-order valence-corrected chi connectivity index (χ4v) is 3.91. The number of carbonyl (C=O) groups excluding carboxylic acids is 2. The molecule has 0 saturated carbocycles. The van der Waals surface area contributed by atoms with Crippen molar-refractivity contribution in [1.82, 2.24) is 14.9 Å². The number of aliphatic hydroxyl groups excluding tert-OH is 1. The molecule has 0 bridgehead atoms. The standard InChI is InChI=1S/C30H29N3O5/c1-3-17-33(20-21-13-15-23(16-14-21)28(35)27(34)22-9-5-4-6-10-22)30(36)29-31-18-24(19-32-29)38-26-12-8-7-11-25(26)37-2/h4-16,18-19,28,35H,3,17,20H2,1-2H3. The highest BCUT2D eigenvalue weighted by Gasteiger charge is 2.21. The van der Waals surface area contributed by atoms with Gasteiger partial charge in [-0.15, -0.1) is 0 Å². The number of aliphatic hydroxyl groups is 1. The van der Waals surface area contributed by atoms with E-state index in [2.05, 4.69) is 9.97 Å². The van der Waals surface area contributed by atoms with Gasteiger partial charge in [0.05, 0.1) is 19.5 Å².